The number of rotatable bonds is 8. The second-order valence-corrected chi connectivity index (χ2v) is 8.57. The van der Waals surface area contributed by atoms with Gasteiger partial charge in [0.05, 0.1) is 6.61 Å². The number of esters is 1. The maximum absolute atomic E-state index is 12.7. The van der Waals surface area contributed by atoms with Crippen LogP contribution in [0.5, 0.6) is 5.75 Å². The summed E-state index contributed by atoms with van der Waals surface area (Å²) < 4.78 is 5.20. The van der Waals surface area contributed by atoms with Crippen molar-refractivity contribution in [2.24, 2.45) is 0 Å². The van der Waals surface area contributed by atoms with Gasteiger partial charge in [-0.15, -0.1) is 0 Å². The lowest BCUT2D eigenvalue weighted by Gasteiger charge is -2.20. The van der Waals surface area contributed by atoms with Crippen molar-refractivity contribution in [1.82, 2.24) is 9.97 Å². The summed E-state index contributed by atoms with van der Waals surface area (Å²) in [6.45, 7) is 1.42. The molecule has 36 heavy (non-hydrogen) atoms. The van der Waals surface area contributed by atoms with E-state index in [1.807, 2.05) is 60.7 Å². The Morgan fingerprint density at radius 3 is 2.44 bits per heavy atom. The Labute approximate surface area is 213 Å². The highest BCUT2D eigenvalue weighted by Gasteiger charge is 2.20. The minimum atomic E-state index is -0.548. The minimum Gasteiger partial charge on any atom is -0.419 e. The predicted molar refractivity (Wildman–Crippen MR) is 140 cm³/mol. The number of carbonyl (C=O) groups excluding carboxylic acids is 2. The second kappa shape index (κ2) is 11.2. The van der Waals surface area contributed by atoms with Crippen LogP contribution in [0.15, 0.2) is 66.7 Å². The number of hydrogen-bond acceptors (Lipinski definition) is 7. The maximum atomic E-state index is 12.7. The third-order valence-electron chi connectivity index (χ3n) is 5.48. The van der Waals surface area contributed by atoms with E-state index in [9.17, 15) is 14.7 Å². The summed E-state index contributed by atoms with van der Waals surface area (Å²) in [6, 6.07) is 20.8. The lowest BCUT2D eigenvalue weighted by Crippen LogP contribution is -2.24. The number of halogens is 1. The van der Waals surface area contributed by atoms with E-state index in [1.165, 1.54) is 6.92 Å². The fraction of sp³-hybridized carbons (Fsp3) is 0.185. The zero-order valence-electron chi connectivity index (χ0n) is 19.9. The highest BCUT2D eigenvalue weighted by molar-refractivity contribution is 6.31. The Hall–Kier alpha value is -4.01. The van der Waals surface area contributed by atoms with Gasteiger partial charge in [-0.3, -0.25) is 9.59 Å². The summed E-state index contributed by atoms with van der Waals surface area (Å²) in [6.07, 6.45) is 0.360. The molecule has 0 atom stereocenters. The first-order chi connectivity index (χ1) is 17.3. The molecule has 0 saturated heterocycles. The van der Waals surface area contributed by atoms with E-state index >= 15 is 0 Å². The van der Waals surface area contributed by atoms with Gasteiger partial charge < -0.3 is 20.1 Å². The van der Waals surface area contributed by atoms with Crippen LogP contribution >= 0.6 is 11.6 Å². The van der Waals surface area contributed by atoms with E-state index in [4.69, 9.17) is 16.3 Å². The molecule has 0 spiro atoms. The van der Waals surface area contributed by atoms with Gasteiger partial charge >= 0.3 is 5.97 Å². The number of nitrogens with one attached hydrogen (secondary N) is 1. The summed E-state index contributed by atoms with van der Waals surface area (Å²) in [5, 5.41) is 14.3. The van der Waals surface area contributed by atoms with Crippen LogP contribution in [-0.4, -0.2) is 47.2 Å². The molecule has 0 saturated carbocycles. The van der Waals surface area contributed by atoms with Crippen molar-refractivity contribution in [2.75, 3.05) is 30.4 Å². The highest BCUT2D eigenvalue weighted by atomic mass is 35.5. The molecule has 0 fully saturated rings. The van der Waals surface area contributed by atoms with E-state index in [0.29, 0.717) is 29.3 Å². The maximum Gasteiger partial charge on any atom is 0.308 e. The summed E-state index contributed by atoms with van der Waals surface area (Å²) in [5.41, 5.74) is 2.13. The Morgan fingerprint density at radius 2 is 1.75 bits per heavy atom. The van der Waals surface area contributed by atoms with Gasteiger partial charge in [0.15, 0.2) is 11.0 Å². The Bertz CT molecular complexity index is 1410. The molecular formula is C27H25ClN4O4. The average molecular weight is 505 g/mol. The normalized spacial score (nSPS) is 10.8. The molecule has 1 aromatic heterocycles. The van der Waals surface area contributed by atoms with E-state index < -0.39 is 5.97 Å². The van der Waals surface area contributed by atoms with Crippen LogP contribution in [0.25, 0.3) is 10.8 Å². The number of likely N-dealkylation sites (N-methyl/N-ethyl adjacent to an activating group) is 1. The summed E-state index contributed by atoms with van der Waals surface area (Å²) in [5.74, 6) is 0.0437. The molecule has 0 aliphatic rings. The fourth-order valence-electron chi connectivity index (χ4n) is 3.70. The molecule has 4 aromatic rings. The minimum absolute atomic E-state index is 0.00857. The van der Waals surface area contributed by atoms with Gasteiger partial charge in [-0.2, -0.15) is 0 Å². The number of benzene rings is 3. The van der Waals surface area contributed by atoms with Crippen LogP contribution in [0, 0.1) is 0 Å². The van der Waals surface area contributed by atoms with Crippen molar-refractivity contribution in [2.45, 2.75) is 13.3 Å². The van der Waals surface area contributed by atoms with Gasteiger partial charge in [-0.1, -0.05) is 54.1 Å². The number of amides is 1. The molecule has 0 radical (unpaired) electrons. The first kappa shape index (κ1) is 25.1. The van der Waals surface area contributed by atoms with Crippen molar-refractivity contribution in [3.63, 3.8) is 0 Å². The fourth-order valence-corrected chi connectivity index (χ4v) is 3.92. The number of ether oxygens (including phenoxy) is 1. The summed E-state index contributed by atoms with van der Waals surface area (Å²) >= 11 is 6.30. The molecule has 8 nitrogen and oxygen atoms in total. The largest absolute Gasteiger partial charge is 0.419 e. The third kappa shape index (κ3) is 5.97. The molecule has 0 aliphatic carbocycles. The van der Waals surface area contributed by atoms with Gasteiger partial charge in [0.25, 0.3) is 5.91 Å². The van der Waals surface area contributed by atoms with Gasteiger partial charge in [-0.25, -0.2) is 9.97 Å². The zero-order valence-corrected chi connectivity index (χ0v) is 20.6. The van der Waals surface area contributed by atoms with Gasteiger partial charge in [0.2, 0.25) is 5.75 Å². The van der Waals surface area contributed by atoms with Crippen LogP contribution in [-0.2, 0) is 11.2 Å². The quantitative estimate of drug-likeness (QED) is 0.269. The number of carbonyl (C=O) groups is 2. The molecule has 1 heterocycles. The van der Waals surface area contributed by atoms with Crippen LogP contribution < -0.4 is 15.0 Å². The third-order valence-corrected chi connectivity index (χ3v) is 5.74. The highest BCUT2D eigenvalue weighted by Crippen LogP contribution is 2.33. The van der Waals surface area contributed by atoms with E-state index in [-0.39, 0.29) is 30.0 Å². The molecule has 3 aromatic carbocycles. The van der Waals surface area contributed by atoms with Crippen LogP contribution in [0.2, 0.25) is 5.15 Å². The van der Waals surface area contributed by atoms with E-state index in [2.05, 4.69) is 15.3 Å². The van der Waals surface area contributed by atoms with Crippen molar-refractivity contribution >= 4 is 45.8 Å². The van der Waals surface area contributed by atoms with Crippen molar-refractivity contribution in [3.8, 4) is 5.75 Å². The Morgan fingerprint density at radius 1 is 1.03 bits per heavy atom. The molecule has 0 aliphatic heterocycles. The zero-order chi connectivity index (χ0) is 25.7. The monoisotopic (exact) mass is 504 g/mol. The Kier molecular flexibility index (Phi) is 7.77. The molecule has 0 bridgehead atoms. The second-order valence-electron chi connectivity index (χ2n) is 8.21. The van der Waals surface area contributed by atoms with Gasteiger partial charge in [0, 0.05) is 38.2 Å². The van der Waals surface area contributed by atoms with Crippen molar-refractivity contribution < 1.29 is 19.4 Å². The average Bonchev–Trinajstić information content (AvgIpc) is 2.86. The smallest absolute Gasteiger partial charge is 0.308 e. The SMILES string of the molecule is CC(=O)Oc1c(Cl)nc(Cc2ccc(NC(=O)c3ccc4ccccc4c3)cc2)nc1N(C)CCO. The standard InChI is InChI=1S/C27H25ClN4O4/c1-17(34)36-24-25(28)30-23(31-26(24)32(2)13-14-33)15-18-7-11-22(12-8-18)29-27(35)21-10-9-19-5-3-4-6-20(19)16-21/h3-12,16,33H,13-15H2,1-2H3,(H,29,35). The van der Waals surface area contributed by atoms with Gasteiger partial charge in [0.1, 0.15) is 5.82 Å². The molecular weight excluding hydrogens is 480 g/mol. The molecule has 4 rings (SSSR count). The van der Waals surface area contributed by atoms with E-state index in [0.717, 1.165) is 16.3 Å². The molecule has 2 N–H and O–H groups in total. The lowest BCUT2D eigenvalue weighted by molar-refractivity contribution is -0.131. The number of hydrogen-bond donors (Lipinski definition) is 2. The number of aliphatic hydroxyl groups is 1. The Balaban J connectivity index is 1.49. The van der Waals surface area contributed by atoms with Crippen LogP contribution in [0.1, 0.15) is 28.7 Å². The number of anilines is 2. The number of aromatic nitrogens is 2. The number of aliphatic hydroxyl groups excluding tert-OH is 1. The number of fused-ring (bicyclic) bond motifs is 1. The van der Waals surface area contributed by atoms with E-state index in [1.54, 1.807) is 18.0 Å². The lowest BCUT2D eigenvalue weighted by atomic mass is 10.1. The topological polar surface area (TPSA) is 105 Å². The first-order valence-electron chi connectivity index (χ1n) is 11.3. The summed E-state index contributed by atoms with van der Waals surface area (Å²) in [4.78, 5) is 34.7. The molecule has 9 heteroatoms. The van der Waals surface area contributed by atoms with Crippen molar-refractivity contribution in [1.29, 1.82) is 0 Å². The molecule has 0 unspecified atom stereocenters. The van der Waals surface area contributed by atoms with Crippen LogP contribution in [0.4, 0.5) is 11.5 Å². The van der Waals surface area contributed by atoms with Crippen LogP contribution in [0.3, 0.4) is 0 Å². The molecule has 184 valence electrons. The predicted octanol–water partition coefficient (Wildman–Crippen LogP) is 4.48. The summed E-state index contributed by atoms with van der Waals surface area (Å²) in [7, 11) is 1.71. The van der Waals surface area contributed by atoms with Crippen molar-refractivity contribution in [3.05, 3.63) is 88.8 Å². The van der Waals surface area contributed by atoms with Gasteiger partial charge in [-0.05, 0) is 40.6 Å². The number of nitrogens with zero attached hydrogens (tertiary/aromatic N) is 3. The first-order valence-corrected chi connectivity index (χ1v) is 11.7. The molecule has 1 amide bonds.